The molecule has 2 heterocycles. The van der Waals surface area contributed by atoms with Crippen LogP contribution in [-0.4, -0.2) is 201 Å². The maximum atomic E-state index is 15.1. The Labute approximate surface area is 623 Å². The number of aliphatic carboxylic acids is 1. The molecule has 0 unspecified atom stereocenters. The average Bonchev–Trinajstić information content (AvgIpc) is 1.71. The first kappa shape index (κ1) is 84.5. The number of nitrogens with one attached hydrogen (secondary N) is 13. The zero-order valence-electron chi connectivity index (χ0n) is 58.8. The number of carbonyl (C=O) groups excluding carboxylic acids is 13. The van der Waals surface area contributed by atoms with E-state index < -0.39 is 206 Å². The van der Waals surface area contributed by atoms with Crippen LogP contribution in [0.5, 0.6) is 11.5 Å². The smallest absolute Gasteiger partial charge is 0.303 e. The van der Waals surface area contributed by atoms with Crippen LogP contribution in [0, 0.1) is 11.3 Å². The number of aromatic amines is 1. The SMILES string of the molecule is CC(C)[C@@H]1NC(=O)[C@@H](NC(=O)[C@H](Cc2ccc(O)cc2)NC(=O)CN(C(=O)CCN)c2ccccc2)CSSC[C@@H](C(N)=O)NC(=O)[C@H](CCC(=O)O)NC(=O)[C@H](Cc2c[nH]c3ccccc23)NC(=O)[C@H](CCC(N)=O)NC(=O)CCNC(=O)[C@H](CCCNC(=N)N)NC(=O)[C@H](Cc2ccc(O)cc2)NC1=O. The summed E-state index contributed by atoms with van der Waals surface area (Å²) in [5.41, 5.74) is 24.8. The molecule has 24 N–H and O–H groups in total. The number of H-pyrrole nitrogens is 1. The van der Waals surface area contributed by atoms with Crippen LogP contribution in [0.1, 0.15) is 81.9 Å². The fourth-order valence-electron chi connectivity index (χ4n) is 11.1. The molecule has 1 aliphatic rings. The summed E-state index contributed by atoms with van der Waals surface area (Å²) < 4.78 is 0. The number of anilines is 1. The Bertz CT molecular complexity index is 3960. The normalized spacial score (nSPS) is 20.3. The van der Waals surface area contributed by atoms with Crippen molar-refractivity contribution in [3.05, 3.63) is 126 Å². The second kappa shape index (κ2) is 42.5. The molecule has 4 aromatic carbocycles. The van der Waals surface area contributed by atoms with Gasteiger partial charge in [0.15, 0.2) is 5.96 Å². The second-order valence-corrected chi connectivity index (χ2v) is 28.0. The standard InChI is InChI=1S/C70H92N18O17S2/c1-38(2)60-69(105)84-51(32-40-16-20-44(90)21-17-40)66(102)81-47(13-8-29-77-70(74)75)62(98)76-30-27-56(92)79-48(22-24-55(72)91)63(99)83-52(33-41-34-78-46-12-7-6-11-45(41)46)67(103)82-49(23-25-59(95)96)64(100)85-53(61(73)97)36-106-107-37-54(68(104)87-60)86-65(101)50(31-39-14-18-43(89)19-15-39)80-57(93)35-88(58(94)26-28-71)42-9-4-3-5-10-42/h3-7,9-12,14-21,34,38,47-54,60,78,89-90H,8,13,22-33,35-37,71H2,1-2H3,(H2,72,91)(H2,73,97)(H,76,98)(H,79,92)(H,80,93)(H,81,102)(H,82,103)(H,83,99)(H,84,105)(H,85,100)(H,86,101)(H,87,104)(H,95,96)(H4,74,75,77)/t47-,48-,49-,50-,51-,52-,53-,54-,60-/m0/s1. The quantitative estimate of drug-likeness (QED) is 0.0121. The largest absolute Gasteiger partial charge is 0.508 e. The minimum absolute atomic E-state index is 0.0338. The first-order chi connectivity index (χ1) is 51.0. The zero-order valence-corrected chi connectivity index (χ0v) is 60.4. The van der Waals surface area contributed by atoms with Gasteiger partial charge in [-0.2, -0.15) is 0 Å². The lowest BCUT2D eigenvalue weighted by Gasteiger charge is -2.29. The molecule has 1 fully saturated rings. The summed E-state index contributed by atoms with van der Waals surface area (Å²) in [4.78, 5) is 201. The molecule has 37 heteroatoms. The number of aromatic nitrogens is 1. The van der Waals surface area contributed by atoms with Crippen LogP contribution in [0.25, 0.3) is 10.9 Å². The Hall–Kier alpha value is -11.5. The molecule has 9 atom stereocenters. The third-order valence-electron chi connectivity index (χ3n) is 16.8. The van der Waals surface area contributed by atoms with E-state index >= 15 is 4.79 Å². The number of phenols is 2. The van der Waals surface area contributed by atoms with Gasteiger partial charge in [-0.15, -0.1) is 0 Å². The van der Waals surface area contributed by atoms with Gasteiger partial charge in [-0.3, -0.25) is 72.5 Å². The molecule has 35 nitrogen and oxygen atoms in total. The number of primary amides is 2. The highest BCUT2D eigenvalue weighted by Gasteiger charge is 2.37. The molecule has 0 aliphatic carbocycles. The van der Waals surface area contributed by atoms with Gasteiger partial charge in [0.2, 0.25) is 76.8 Å². The molecule has 107 heavy (non-hydrogen) atoms. The maximum absolute atomic E-state index is 15.1. The van der Waals surface area contributed by atoms with Crippen LogP contribution in [0.3, 0.4) is 0 Å². The number of hydrogen-bond acceptors (Lipinski definition) is 20. The summed E-state index contributed by atoms with van der Waals surface area (Å²) in [6.07, 6.45) is -2.29. The number of carboxylic acids is 1. The van der Waals surface area contributed by atoms with Crippen molar-refractivity contribution in [2.45, 2.75) is 139 Å². The van der Waals surface area contributed by atoms with Gasteiger partial charge >= 0.3 is 5.97 Å². The number of rotatable bonds is 26. The number of carbonyl (C=O) groups is 14. The van der Waals surface area contributed by atoms with Crippen LogP contribution in [0.4, 0.5) is 5.69 Å². The highest BCUT2D eigenvalue weighted by molar-refractivity contribution is 8.76. The van der Waals surface area contributed by atoms with Crippen molar-refractivity contribution < 1.29 is 82.4 Å². The van der Waals surface area contributed by atoms with E-state index in [4.69, 9.17) is 28.3 Å². The van der Waals surface area contributed by atoms with E-state index in [1.807, 2.05) is 0 Å². The molecule has 1 aliphatic heterocycles. The van der Waals surface area contributed by atoms with Gasteiger partial charge in [-0.25, -0.2) is 0 Å². The number of nitrogens with zero attached hydrogens (tertiary/aromatic N) is 1. The lowest BCUT2D eigenvalue weighted by Crippen LogP contribution is -2.61. The first-order valence-corrected chi connectivity index (χ1v) is 36.7. The second-order valence-electron chi connectivity index (χ2n) is 25.4. The highest BCUT2D eigenvalue weighted by atomic mass is 33.1. The van der Waals surface area contributed by atoms with E-state index in [9.17, 15) is 77.6 Å². The molecule has 1 saturated heterocycles. The number of benzene rings is 4. The van der Waals surface area contributed by atoms with Gasteiger partial charge in [0.05, 0.1) is 0 Å². The molecular formula is C70H92N18O17S2. The number of fused-ring (bicyclic) bond motifs is 1. The molecule has 6 rings (SSSR count). The summed E-state index contributed by atoms with van der Waals surface area (Å²) in [5.74, 6) is -16.0. The third kappa shape index (κ3) is 28.2. The number of guanidine groups is 1. The molecule has 0 radical (unpaired) electrons. The third-order valence-corrected chi connectivity index (χ3v) is 19.2. The fraction of sp³-hybridized carbons (Fsp3) is 0.414. The summed E-state index contributed by atoms with van der Waals surface area (Å²) in [6.45, 7) is 2.01. The Balaban J connectivity index is 1.42. The Morgan fingerprint density at radius 2 is 1.20 bits per heavy atom. The summed E-state index contributed by atoms with van der Waals surface area (Å²) in [6, 6.07) is 11.8. The molecule has 0 spiro atoms. The van der Waals surface area contributed by atoms with Gasteiger partial charge < -0.3 is 107 Å². The molecular weight excluding hydrogens is 1430 g/mol. The van der Waals surface area contributed by atoms with E-state index in [1.165, 1.54) is 53.4 Å². The molecule has 0 saturated carbocycles. The van der Waals surface area contributed by atoms with Gasteiger partial charge in [-0.05, 0) is 90.8 Å². The summed E-state index contributed by atoms with van der Waals surface area (Å²) in [5, 5.41) is 67.0. The molecule has 1 aromatic heterocycles. The highest BCUT2D eigenvalue weighted by Crippen LogP contribution is 2.25. The summed E-state index contributed by atoms with van der Waals surface area (Å²) >= 11 is 0. The van der Waals surface area contributed by atoms with E-state index in [1.54, 1.807) is 74.6 Å². The Morgan fingerprint density at radius 1 is 0.626 bits per heavy atom. The zero-order chi connectivity index (χ0) is 78.3. The van der Waals surface area contributed by atoms with Crippen molar-refractivity contribution in [2.24, 2.45) is 28.9 Å². The number of nitrogens with two attached hydrogens (primary N) is 4. The van der Waals surface area contributed by atoms with Crippen LogP contribution < -0.4 is 86.3 Å². The Kier molecular flexibility index (Phi) is 33.5. The summed E-state index contributed by atoms with van der Waals surface area (Å²) in [7, 11) is 1.66. The van der Waals surface area contributed by atoms with Gasteiger partial charge in [-0.1, -0.05) is 96.1 Å². The van der Waals surface area contributed by atoms with Crippen molar-refractivity contribution in [3.8, 4) is 11.5 Å². The maximum Gasteiger partial charge on any atom is 0.303 e. The van der Waals surface area contributed by atoms with Gasteiger partial charge in [0.25, 0.3) is 0 Å². The molecule has 0 bridgehead atoms. The lowest BCUT2D eigenvalue weighted by molar-refractivity contribution is -0.138. The van der Waals surface area contributed by atoms with Crippen LogP contribution >= 0.6 is 21.6 Å². The minimum Gasteiger partial charge on any atom is -0.508 e. The monoisotopic (exact) mass is 1520 g/mol. The van der Waals surface area contributed by atoms with E-state index in [0.29, 0.717) is 33.3 Å². The van der Waals surface area contributed by atoms with Crippen molar-refractivity contribution >= 4 is 127 Å². The van der Waals surface area contributed by atoms with E-state index in [0.717, 1.165) is 21.6 Å². The van der Waals surface area contributed by atoms with Crippen LogP contribution in [0.15, 0.2) is 109 Å². The number of para-hydroxylation sites is 2. The predicted molar refractivity (Wildman–Crippen MR) is 396 cm³/mol. The predicted octanol–water partition coefficient (Wildman–Crippen LogP) is -2.21. The van der Waals surface area contributed by atoms with Crippen LogP contribution in [0.2, 0.25) is 0 Å². The molecule has 576 valence electrons. The van der Waals surface area contributed by atoms with Crippen molar-refractivity contribution in [2.75, 3.05) is 42.6 Å². The number of carboxylic acid groups (broad SMARTS) is 1. The fourth-order valence-corrected chi connectivity index (χ4v) is 13.4. The first-order valence-electron chi connectivity index (χ1n) is 34.3. The number of hydrogen-bond donors (Lipinski definition) is 20. The number of aromatic hydroxyl groups is 2. The average molecular weight is 1520 g/mol. The van der Waals surface area contributed by atoms with E-state index in [-0.39, 0.29) is 63.1 Å². The van der Waals surface area contributed by atoms with Crippen molar-refractivity contribution in [1.82, 2.24) is 63.5 Å². The van der Waals surface area contributed by atoms with Crippen LogP contribution in [-0.2, 0) is 86.4 Å². The van der Waals surface area contributed by atoms with Crippen molar-refractivity contribution in [3.63, 3.8) is 0 Å². The topological polar surface area (TPSA) is 579 Å². The lowest BCUT2D eigenvalue weighted by atomic mass is 10.00. The molecule has 5 aromatic rings. The molecule has 13 amide bonds. The van der Waals surface area contributed by atoms with Gasteiger partial charge in [0, 0.05) is 98.9 Å². The van der Waals surface area contributed by atoms with Crippen molar-refractivity contribution in [1.29, 1.82) is 5.41 Å². The Morgan fingerprint density at radius 3 is 1.82 bits per heavy atom. The number of amides is 13. The van der Waals surface area contributed by atoms with E-state index in [2.05, 4.69) is 63.5 Å². The van der Waals surface area contributed by atoms with Gasteiger partial charge in [0.1, 0.15) is 72.4 Å². The number of phenolic OH excluding ortho intramolecular Hbond substituents is 2. The minimum atomic E-state index is -1.76.